The monoisotopic (exact) mass is 716 g/mol. The molecule has 0 unspecified atom stereocenters. The lowest BCUT2D eigenvalue weighted by atomic mass is 10.0. The maximum absolute atomic E-state index is 6.55. The maximum Gasteiger partial charge on any atom is 0.164 e. The molecule has 5 nitrogen and oxygen atoms in total. The third-order valence-corrected chi connectivity index (χ3v) is 10.7. The number of nitrogens with zero attached hydrogens (tertiary/aromatic N) is 4. The fraction of sp³-hybridized carbons (Fsp3) is 0. The van der Waals surface area contributed by atoms with E-state index in [2.05, 4.69) is 168 Å². The van der Waals surface area contributed by atoms with Crippen molar-refractivity contribution < 1.29 is 4.42 Å². The SMILES string of the molecule is c1ccc(-c2ccc(-c3nc(-c4ccc(-c5ccccc5)cc4)nc(-c4ccc5oc6cc7c(cc6c5c4)c4ccccc4n7-c4ccccc4)n3)cc2)cc1. The van der Waals surface area contributed by atoms with Crippen LogP contribution in [-0.4, -0.2) is 19.5 Å². The van der Waals surface area contributed by atoms with E-state index in [1.54, 1.807) is 0 Å². The molecule has 8 aromatic carbocycles. The number of benzene rings is 8. The van der Waals surface area contributed by atoms with Crippen LogP contribution in [0.4, 0.5) is 0 Å². The molecular weight excluding hydrogens is 685 g/mol. The molecule has 262 valence electrons. The van der Waals surface area contributed by atoms with E-state index >= 15 is 0 Å². The lowest BCUT2D eigenvalue weighted by Crippen LogP contribution is -2.00. The van der Waals surface area contributed by atoms with Crippen LogP contribution in [0.25, 0.3) is 106 Å². The van der Waals surface area contributed by atoms with Crippen LogP contribution in [0.1, 0.15) is 0 Å². The van der Waals surface area contributed by atoms with Crippen LogP contribution in [0.2, 0.25) is 0 Å². The molecule has 0 aliphatic rings. The lowest BCUT2D eigenvalue weighted by molar-refractivity contribution is 0.669. The summed E-state index contributed by atoms with van der Waals surface area (Å²) in [7, 11) is 0. The van der Waals surface area contributed by atoms with E-state index < -0.39 is 0 Å². The van der Waals surface area contributed by atoms with Crippen LogP contribution in [0.15, 0.2) is 199 Å². The molecule has 0 N–H and O–H groups in total. The van der Waals surface area contributed by atoms with E-state index in [9.17, 15) is 0 Å². The third kappa shape index (κ3) is 5.45. The first-order chi connectivity index (χ1) is 27.7. The number of rotatable bonds is 6. The third-order valence-electron chi connectivity index (χ3n) is 10.7. The normalized spacial score (nSPS) is 11.6. The Hall–Kier alpha value is -7.63. The average molecular weight is 717 g/mol. The topological polar surface area (TPSA) is 56.7 Å². The Balaban J connectivity index is 1.06. The Bertz CT molecular complexity index is 3100. The van der Waals surface area contributed by atoms with Crippen molar-refractivity contribution in [2.24, 2.45) is 0 Å². The van der Waals surface area contributed by atoms with E-state index in [4.69, 9.17) is 19.4 Å². The van der Waals surface area contributed by atoms with E-state index in [0.29, 0.717) is 17.5 Å². The zero-order valence-corrected chi connectivity index (χ0v) is 30.2. The van der Waals surface area contributed by atoms with E-state index in [1.807, 2.05) is 30.3 Å². The van der Waals surface area contributed by atoms with Gasteiger partial charge in [-0.2, -0.15) is 0 Å². The minimum Gasteiger partial charge on any atom is -0.456 e. The number of furan rings is 1. The van der Waals surface area contributed by atoms with Gasteiger partial charge >= 0.3 is 0 Å². The van der Waals surface area contributed by atoms with E-state index in [-0.39, 0.29) is 0 Å². The van der Waals surface area contributed by atoms with Crippen molar-refractivity contribution in [3.05, 3.63) is 194 Å². The molecule has 0 bridgehead atoms. The number of hydrogen-bond donors (Lipinski definition) is 0. The molecule has 3 heterocycles. The summed E-state index contributed by atoms with van der Waals surface area (Å²) in [5, 5.41) is 4.43. The second kappa shape index (κ2) is 13.0. The molecule has 0 aliphatic heterocycles. The van der Waals surface area contributed by atoms with Gasteiger partial charge in [-0.3, -0.25) is 0 Å². The van der Waals surface area contributed by atoms with Gasteiger partial charge in [0, 0.05) is 50.0 Å². The molecule has 56 heavy (non-hydrogen) atoms. The zero-order chi connectivity index (χ0) is 37.0. The number of hydrogen-bond acceptors (Lipinski definition) is 4. The molecule has 0 spiro atoms. The Kier molecular flexibility index (Phi) is 7.42. The molecule has 3 aromatic heterocycles. The quantitative estimate of drug-likeness (QED) is 0.172. The van der Waals surface area contributed by atoms with Gasteiger partial charge in [-0.25, -0.2) is 15.0 Å². The van der Waals surface area contributed by atoms with Crippen LogP contribution in [0, 0.1) is 0 Å². The highest BCUT2D eigenvalue weighted by atomic mass is 16.3. The van der Waals surface area contributed by atoms with Crippen molar-refractivity contribution in [1.29, 1.82) is 0 Å². The molecule has 11 aromatic rings. The van der Waals surface area contributed by atoms with Gasteiger partial charge in [-0.1, -0.05) is 146 Å². The maximum atomic E-state index is 6.55. The Morgan fingerprint density at radius 1 is 0.304 bits per heavy atom. The molecule has 5 heteroatoms. The number of para-hydroxylation sites is 2. The van der Waals surface area contributed by atoms with Gasteiger partial charge in [0.15, 0.2) is 17.5 Å². The van der Waals surface area contributed by atoms with Crippen LogP contribution in [0.3, 0.4) is 0 Å². The summed E-state index contributed by atoms with van der Waals surface area (Å²) in [6, 6.07) is 67.4. The molecule has 0 saturated carbocycles. The molecule has 0 aliphatic carbocycles. The van der Waals surface area contributed by atoms with E-state index in [1.165, 1.54) is 10.8 Å². The summed E-state index contributed by atoms with van der Waals surface area (Å²) in [6.07, 6.45) is 0. The number of fused-ring (bicyclic) bond motifs is 6. The highest BCUT2D eigenvalue weighted by Crippen LogP contribution is 2.39. The van der Waals surface area contributed by atoms with Crippen molar-refractivity contribution in [1.82, 2.24) is 19.5 Å². The molecule has 0 atom stereocenters. The predicted molar refractivity (Wildman–Crippen MR) is 229 cm³/mol. The largest absolute Gasteiger partial charge is 0.456 e. The summed E-state index contributed by atoms with van der Waals surface area (Å²) in [5.41, 5.74) is 12.4. The molecule has 11 rings (SSSR count). The van der Waals surface area contributed by atoms with Crippen molar-refractivity contribution in [2.75, 3.05) is 0 Å². The summed E-state index contributed by atoms with van der Waals surface area (Å²) in [4.78, 5) is 15.3. The highest BCUT2D eigenvalue weighted by molar-refractivity contribution is 6.17. The van der Waals surface area contributed by atoms with Crippen molar-refractivity contribution >= 4 is 43.7 Å². The van der Waals surface area contributed by atoms with E-state index in [0.717, 1.165) is 77.6 Å². The Morgan fingerprint density at radius 3 is 1.38 bits per heavy atom. The smallest absolute Gasteiger partial charge is 0.164 e. The fourth-order valence-electron chi connectivity index (χ4n) is 7.88. The lowest BCUT2D eigenvalue weighted by Gasteiger charge is -2.10. The zero-order valence-electron chi connectivity index (χ0n) is 30.2. The second-order valence-corrected chi connectivity index (χ2v) is 14.1. The Labute approximate surface area is 322 Å². The van der Waals surface area contributed by atoms with Gasteiger partial charge in [0.25, 0.3) is 0 Å². The highest BCUT2D eigenvalue weighted by Gasteiger charge is 2.18. The van der Waals surface area contributed by atoms with Gasteiger partial charge in [-0.15, -0.1) is 0 Å². The fourth-order valence-corrected chi connectivity index (χ4v) is 7.88. The second-order valence-electron chi connectivity index (χ2n) is 14.1. The van der Waals surface area contributed by atoms with Gasteiger partial charge < -0.3 is 8.98 Å². The van der Waals surface area contributed by atoms with Crippen LogP contribution in [0.5, 0.6) is 0 Å². The predicted octanol–water partition coefficient (Wildman–Crippen LogP) is 13.2. The van der Waals surface area contributed by atoms with Crippen molar-refractivity contribution in [2.45, 2.75) is 0 Å². The van der Waals surface area contributed by atoms with Crippen molar-refractivity contribution in [3.63, 3.8) is 0 Å². The Morgan fingerprint density at radius 2 is 0.768 bits per heavy atom. The van der Waals surface area contributed by atoms with Gasteiger partial charge in [0.1, 0.15) is 11.2 Å². The van der Waals surface area contributed by atoms with Gasteiger partial charge in [0.05, 0.1) is 11.0 Å². The summed E-state index contributed by atoms with van der Waals surface area (Å²) in [5.74, 6) is 1.83. The van der Waals surface area contributed by atoms with Crippen LogP contribution in [-0.2, 0) is 0 Å². The molecular formula is C51H32N4O. The minimum atomic E-state index is 0.599. The van der Waals surface area contributed by atoms with Crippen LogP contribution >= 0.6 is 0 Å². The summed E-state index contributed by atoms with van der Waals surface area (Å²) >= 11 is 0. The molecule has 0 fully saturated rings. The standard InChI is InChI=1S/C51H32N4O/c1-4-12-33(13-5-1)35-20-24-37(25-21-35)49-52-50(38-26-22-36(23-27-38)34-14-6-2-7-15-34)54-51(53-49)39-28-29-47-43(30-39)44-31-42-41-18-10-11-19-45(41)55(40-16-8-3-9-17-40)46(42)32-48(44)56-47/h1-32H. The molecule has 0 saturated heterocycles. The minimum absolute atomic E-state index is 0.599. The van der Waals surface area contributed by atoms with Gasteiger partial charge in [0.2, 0.25) is 0 Å². The first kappa shape index (κ1) is 31.9. The first-order valence-corrected chi connectivity index (χ1v) is 18.8. The first-order valence-electron chi connectivity index (χ1n) is 18.8. The molecule has 0 radical (unpaired) electrons. The molecule has 0 amide bonds. The van der Waals surface area contributed by atoms with Gasteiger partial charge in [-0.05, 0) is 64.7 Å². The van der Waals surface area contributed by atoms with Crippen molar-refractivity contribution in [3.8, 4) is 62.1 Å². The summed E-state index contributed by atoms with van der Waals surface area (Å²) in [6.45, 7) is 0. The summed E-state index contributed by atoms with van der Waals surface area (Å²) < 4.78 is 8.87. The average Bonchev–Trinajstić information content (AvgIpc) is 3.80. The number of aromatic nitrogens is 4. The van der Waals surface area contributed by atoms with Crippen LogP contribution < -0.4 is 0 Å².